The number of rotatable bonds is 2. The van der Waals surface area contributed by atoms with E-state index in [1.807, 2.05) is 0 Å². The van der Waals surface area contributed by atoms with Gasteiger partial charge >= 0.3 is 0 Å². The highest BCUT2D eigenvalue weighted by molar-refractivity contribution is 6.56. The van der Waals surface area contributed by atoms with Gasteiger partial charge in [0.25, 0.3) is 0 Å². The molecule has 11 heavy (non-hydrogen) atoms. The summed E-state index contributed by atoms with van der Waals surface area (Å²) in [5, 5.41) is 0. The van der Waals surface area contributed by atoms with Crippen molar-refractivity contribution in [1.29, 1.82) is 0 Å². The molecule has 64 valence electrons. The van der Waals surface area contributed by atoms with Gasteiger partial charge < -0.3 is 0 Å². The van der Waals surface area contributed by atoms with Crippen molar-refractivity contribution in [3.63, 3.8) is 0 Å². The van der Waals surface area contributed by atoms with Gasteiger partial charge in [-0.3, -0.25) is 0 Å². The van der Waals surface area contributed by atoms with Crippen molar-refractivity contribution in [2.45, 2.75) is 32.0 Å². The third kappa shape index (κ3) is 1.43. The van der Waals surface area contributed by atoms with Crippen LogP contribution in [-0.2, 0) is 0 Å². The van der Waals surface area contributed by atoms with Gasteiger partial charge in [0.2, 0.25) is 0 Å². The molecule has 1 aliphatic rings. The quantitative estimate of drug-likeness (QED) is 0.462. The van der Waals surface area contributed by atoms with Gasteiger partial charge in [-0.1, -0.05) is 50.9 Å². The van der Waals surface area contributed by atoms with E-state index in [2.05, 4.69) is 27.7 Å². The Balaban J connectivity index is 2.79. The third-order valence-electron chi connectivity index (χ3n) is 2.06. The molecule has 0 spiro atoms. The standard InChI is InChI=1S/C9H14Cl2/c1-5(2)7-8(6(3)4)9(7,10)11/h5-6H,1-4H3. The SMILES string of the molecule is CC(C)C1=C(C(C)C)C1(Cl)Cl. The first-order valence-corrected chi connectivity index (χ1v) is 4.77. The van der Waals surface area contributed by atoms with Gasteiger partial charge in [0.05, 0.1) is 0 Å². The second-order valence-electron chi connectivity index (χ2n) is 3.71. The van der Waals surface area contributed by atoms with Gasteiger partial charge in [-0.2, -0.15) is 0 Å². The molecule has 0 saturated heterocycles. The molecule has 0 unspecified atom stereocenters. The van der Waals surface area contributed by atoms with E-state index in [9.17, 15) is 0 Å². The normalized spacial score (nSPS) is 21.8. The molecule has 0 aromatic rings. The smallest absolute Gasteiger partial charge is 0.0916 e. The van der Waals surface area contributed by atoms with Crippen molar-refractivity contribution in [3.05, 3.63) is 11.1 Å². The molecule has 0 saturated carbocycles. The Morgan fingerprint density at radius 2 is 1.18 bits per heavy atom. The summed E-state index contributed by atoms with van der Waals surface area (Å²) in [5.41, 5.74) is 2.46. The number of allylic oxidation sites excluding steroid dienone is 2. The summed E-state index contributed by atoms with van der Waals surface area (Å²) >= 11 is 12.1. The highest BCUT2D eigenvalue weighted by Gasteiger charge is 2.52. The lowest BCUT2D eigenvalue weighted by Gasteiger charge is -2.03. The van der Waals surface area contributed by atoms with Gasteiger partial charge in [-0.25, -0.2) is 0 Å². The van der Waals surface area contributed by atoms with Crippen LogP contribution in [0.5, 0.6) is 0 Å². The Hall–Kier alpha value is 0.320. The minimum absolute atomic E-state index is 0.488. The topological polar surface area (TPSA) is 0 Å². The van der Waals surface area contributed by atoms with Crippen LogP contribution < -0.4 is 0 Å². The van der Waals surface area contributed by atoms with E-state index in [1.165, 1.54) is 11.1 Å². The van der Waals surface area contributed by atoms with Crippen molar-refractivity contribution in [2.75, 3.05) is 0 Å². The maximum absolute atomic E-state index is 6.05. The summed E-state index contributed by atoms with van der Waals surface area (Å²) in [4.78, 5) is 0. The molecule has 0 fully saturated rings. The highest BCUT2D eigenvalue weighted by Crippen LogP contribution is 2.59. The number of alkyl halides is 2. The fourth-order valence-corrected chi connectivity index (χ4v) is 2.80. The van der Waals surface area contributed by atoms with Gasteiger partial charge in [-0.05, 0) is 23.0 Å². The lowest BCUT2D eigenvalue weighted by Crippen LogP contribution is -1.99. The molecule has 0 atom stereocenters. The van der Waals surface area contributed by atoms with E-state index >= 15 is 0 Å². The van der Waals surface area contributed by atoms with Gasteiger partial charge in [0, 0.05) is 0 Å². The Labute approximate surface area is 78.6 Å². The van der Waals surface area contributed by atoms with E-state index in [-0.39, 0.29) is 0 Å². The first-order chi connectivity index (χ1) is 4.89. The van der Waals surface area contributed by atoms with Crippen LogP contribution in [0.15, 0.2) is 11.1 Å². The predicted molar refractivity (Wildman–Crippen MR) is 51.1 cm³/mol. The Kier molecular flexibility index (Phi) is 2.28. The largest absolute Gasteiger partial charge is 0.161 e. The molecule has 0 bridgehead atoms. The van der Waals surface area contributed by atoms with Crippen LogP contribution in [0.1, 0.15) is 27.7 Å². The maximum Gasteiger partial charge on any atom is 0.161 e. The van der Waals surface area contributed by atoms with Gasteiger partial charge in [0.15, 0.2) is 4.33 Å². The van der Waals surface area contributed by atoms with Crippen LogP contribution in [0.25, 0.3) is 0 Å². The van der Waals surface area contributed by atoms with Crippen molar-refractivity contribution in [2.24, 2.45) is 11.8 Å². The fraction of sp³-hybridized carbons (Fsp3) is 0.778. The van der Waals surface area contributed by atoms with Crippen LogP contribution in [0.4, 0.5) is 0 Å². The zero-order valence-electron chi connectivity index (χ0n) is 7.41. The molecule has 2 heteroatoms. The van der Waals surface area contributed by atoms with E-state index in [1.54, 1.807) is 0 Å². The predicted octanol–water partition coefficient (Wildman–Crippen LogP) is 3.78. The molecule has 0 radical (unpaired) electrons. The molecule has 1 rings (SSSR count). The molecule has 0 nitrogen and oxygen atoms in total. The van der Waals surface area contributed by atoms with E-state index in [0.717, 1.165) is 0 Å². The number of halogens is 2. The molecule has 1 aliphatic carbocycles. The molecule has 0 aliphatic heterocycles. The average Bonchev–Trinajstić information content (AvgIpc) is 2.33. The van der Waals surface area contributed by atoms with Crippen LogP contribution in [0, 0.1) is 11.8 Å². The summed E-state index contributed by atoms with van der Waals surface area (Å²) < 4.78 is -0.595. The lowest BCUT2D eigenvalue weighted by molar-refractivity contribution is 0.780. The number of hydrogen-bond donors (Lipinski definition) is 0. The second-order valence-corrected chi connectivity index (χ2v) is 5.04. The summed E-state index contributed by atoms with van der Waals surface area (Å²) in [6, 6.07) is 0. The molecule has 0 aromatic carbocycles. The Morgan fingerprint density at radius 1 is 0.909 bits per heavy atom. The highest BCUT2D eigenvalue weighted by atomic mass is 35.5. The Morgan fingerprint density at radius 3 is 1.27 bits per heavy atom. The van der Waals surface area contributed by atoms with Crippen LogP contribution >= 0.6 is 23.2 Å². The molecular formula is C9H14Cl2. The molecular weight excluding hydrogens is 179 g/mol. The lowest BCUT2D eigenvalue weighted by atomic mass is 10.1. The van der Waals surface area contributed by atoms with E-state index in [4.69, 9.17) is 23.2 Å². The van der Waals surface area contributed by atoms with E-state index in [0.29, 0.717) is 11.8 Å². The average molecular weight is 193 g/mol. The Bertz CT molecular complexity index is 180. The first-order valence-electron chi connectivity index (χ1n) is 4.01. The van der Waals surface area contributed by atoms with Gasteiger partial charge in [-0.15, -0.1) is 0 Å². The van der Waals surface area contributed by atoms with Crippen molar-refractivity contribution < 1.29 is 0 Å². The van der Waals surface area contributed by atoms with Crippen LogP contribution in [-0.4, -0.2) is 4.33 Å². The van der Waals surface area contributed by atoms with E-state index < -0.39 is 4.33 Å². The van der Waals surface area contributed by atoms with Crippen LogP contribution in [0.2, 0.25) is 0 Å². The summed E-state index contributed by atoms with van der Waals surface area (Å²) in [7, 11) is 0. The molecule has 0 aromatic heterocycles. The van der Waals surface area contributed by atoms with Crippen molar-refractivity contribution in [3.8, 4) is 0 Å². The van der Waals surface area contributed by atoms with Crippen LogP contribution in [0.3, 0.4) is 0 Å². The summed E-state index contributed by atoms with van der Waals surface area (Å²) in [6.07, 6.45) is 0. The minimum Gasteiger partial charge on any atom is -0.0916 e. The monoisotopic (exact) mass is 192 g/mol. The maximum atomic E-state index is 6.05. The summed E-state index contributed by atoms with van der Waals surface area (Å²) in [6.45, 7) is 8.52. The van der Waals surface area contributed by atoms with Gasteiger partial charge in [0.1, 0.15) is 0 Å². The molecule has 0 amide bonds. The fourth-order valence-electron chi connectivity index (χ4n) is 1.62. The third-order valence-corrected chi connectivity index (χ3v) is 2.87. The minimum atomic E-state index is -0.595. The van der Waals surface area contributed by atoms with Crippen molar-refractivity contribution in [1.82, 2.24) is 0 Å². The number of hydrogen-bond acceptors (Lipinski definition) is 0. The zero-order chi connectivity index (χ0) is 8.81. The summed E-state index contributed by atoms with van der Waals surface area (Å²) in [5.74, 6) is 0.977. The first kappa shape index (κ1) is 9.41. The zero-order valence-corrected chi connectivity index (χ0v) is 8.92. The van der Waals surface area contributed by atoms with Crippen molar-refractivity contribution >= 4 is 23.2 Å². The molecule has 0 heterocycles. The molecule has 0 N–H and O–H groups in total. The second kappa shape index (κ2) is 2.67.